The topological polar surface area (TPSA) is 70.1 Å². The van der Waals surface area contributed by atoms with Gasteiger partial charge in [-0.2, -0.15) is 0 Å². The molecule has 0 radical (unpaired) electrons. The molecule has 2 amide bonds. The van der Waals surface area contributed by atoms with Gasteiger partial charge >= 0.3 is 6.09 Å². The second kappa shape index (κ2) is 5.24. The van der Waals surface area contributed by atoms with Gasteiger partial charge in [0.2, 0.25) is 5.91 Å². The molecule has 1 spiro atoms. The summed E-state index contributed by atoms with van der Waals surface area (Å²) in [5, 5.41) is 8.82. The average molecular weight is 284 g/mol. The van der Waals surface area contributed by atoms with Crippen molar-refractivity contribution in [3.63, 3.8) is 0 Å². The number of aliphatic hydroxyl groups is 1. The van der Waals surface area contributed by atoms with E-state index in [-0.39, 0.29) is 17.4 Å². The van der Waals surface area contributed by atoms with Crippen LogP contribution in [-0.4, -0.2) is 65.3 Å². The molecule has 2 aliphatic rings. The van der Waals surface area contributed by atoms with Crippen molar-refractivity contribution in [1.29, 1.82) is 0 Å². The zero-order chi connectivity index (χ0) is 15.0. The normalized spacial score (nSPS) is 21.6. The van der Waals surface area contributed by atoms with Gasteiger partial charge in [0.15, 0.2) is 0 Å². The van der Waals surface area contributed by atoms with Crippen LogP contribution in [0.1, 0.15) is 33.6 Å². The van der Waals surface area contributed by atoms with Gasteiger partial charge in [-0.3, -0.25) is 4.79 Å². The van der Waals surface area contributed by atoms with Crippen molar-refractivity contribution in [2.75, 3.05) is 32.8 Å². The zero-order valence-electron chi connectivity index (χ0n) is 12.5. The van der Waals surface area contributed by atoms with E-state index in [0.29, 0.717) is 26.2 Å². The van der Waals surface area contributed by atoms with Crippen molar-refractivity contribution in [2.45, 2.75) is 39.2 Å². The van der Waals surface area contributed by atoms with E-state index in [1.165, 1.54) is 0 Å². The molecule has 6 heteroatoms. The van der Waals surface area contributed by atoms with E-state index in [0.717, 1.165) is 12.8 Å². The van der Waals surface area contributed by atoms with Gasteiger partial charge in [-0.25, -0.2) is 4.79 Å². The average Bonchev–Trinajstić information content (AvgIpc) is 2.33. The fraction of sp³-hybridized carbons (Fsp3) is 0.857. The standard InChI is InChI=1S/C14H24N2O4/c1-13(2,3)20-12(19)15-6-4-14(5-7-15)9-16(10-14)11(18)8-17/h17H,4-10H2,1-3H3. The number of hydrogen-bond donors (Lipinski definition) is 1. The molecule has 114 valence electrons. The van der Waals surface area contributed by atoms with Crippen LogP contribution in [0.15, 0.2) is 0 Å². The largest absolute Gasteiger partial charge is 0.444 e. The van der Waals surface area contributed by atoms with Gasteiger partial charge in [-0.1, -0.05) is 0 Å². The second-order valence-electron chi connectivity index (χ2n) is 6.88. The summed E-state index contributed by atoms with van der Waals surface area (Å²) in [6, 6.07) is 0. The molecule has 20 heavy (non-hydrogen) atoms. The molecule has 6 nitrogen and oxygen atoms in total. The van der Waals surface area contributed by atoms with Crippen molar-refractivity contribution in [3.05, 3.63) is 0 Å². The molecule has 2 fully saturated rings. The van der Waals surface area contributed by atoms with Gasteiger partial charge in [0.05, 0.1) is 0 Å². The third-order valence-corrected chi connectivity index (χ3v) is 4.02. The van der Waals surface area contributed by atoms with Crippen LogP contribution in [0.4, 0.5) is 4.79 Å². The molecule has 0 aliphatic carbocycles. The highest BCUT2D eigenvalue weighted by atomic mass is 16.6. The Kier molecular flexibility index (Phi) is 3.95. The van der Waals surface area contributed by atoms with Gasteiger partial charge in [0, 0.05) is 31.6 Å². The molecule has 0 unspecified atom stereocenters. The number of carbonyl (C=O) groups excluding carboxylic acids is 2. The first-order valence-electron chi connectivity index (χ1n) is 7.11. The maximum Gasteiger partial charge on any atom is 0.410 e. The molecule has 0 aromatic heterocycles. The van der Waals surface area contributed by atoms with E-state index in [2.05, 4.69) is 0 Å². The summed E-state index contributed by atoms with van der Waals surface area (Å²) in [6.45, 7) is 7.93. The minimum atomic E-state index is -0.465. The molecule has 1 N–H and O–H groups in total. The van der Waals surface area contributed by atoms with Gasteiger partial charge < -0.3 is 19.6 Å². The van der Waals surface area contributed by atoms with E-state index in [1.807, 2.05) is 20.8 Å². The van der Waals surface area contributed by atoms with Crippen LogP contribution in [-0.2, 0) is 9.53 Å². The lowest BCUT2D eigenvalue weighted by molar-refractivity contribution is -0.149. The molecular formula is C14H24N2O4. The molecule has 0 bridgehead atoms. The second-order valence-corrected chi connectivity index (χ2v) is 6.88. The van der Waals surface area contributed by atoms with Gasteiger partial charge in [0.25, 0.3) is 0 Å². The smallest absolute Gasteiger partial charge is 0.410 e. The quantitative estimate of drug-likeness (QED) is 0.774. The van der Waals surface area contributed by atoms with Crippen LogP contribution >= 0.6 is 0 Å². The van der Waals surface area contributed by atoms with Crippen LogP contribution in [0, 0.1) is 5.41 Å². The van der Waals surface area contributed by atoms with E-state index in [4.69, 9.17) is 9.84 Å². The van der Waals surface area contributed by atoms with E-state index < -0.39 is 12.2 Å². The minimum Gasteiger partial charge on any atom is -0.444 e. The van der Waals surface area contributed by atoms with Crippen molar-refractivity contribution in [3.8, 4) is 0 Å². The lowest BCUT2D eigenvalue weighted by Crippen LogP contribution is -2.62. The predicted molar refractivity (Wildman–Crippen MR) is 73.1 cm³/mol. The summed E-state index contributed by atoms with van der Waals surface area (Å²) in [6.07, 6.45) is 1.53. The number of piperidine rings is 1. The molecule has 2 aliphatic heterocycles. The van der Waals surface area contributed by atoms with Crippen molar-refractivity contribution in [2.24, 2.45) is 5.41 Å². The fourth-order valence-electron chi connectivity index (χ4n) is 2.85. The number of hydrogen-bond acceptors (Lipinski definition) is 4. The lowest BCUT2D eigenvalue weighted by atomic mass is 9.72. The Morgan fingerprint density at radius 3 is 2.15 bits per heavy atom. The van der Waals surface area contributed by atoms with Crippen LogP contribution in [0.3, 0.4) is 0 Å². The molecule has 0 atom stereocenters. The third-order valence-electron chi connectivity index (χ3n) is 4.02. The number of carbonyl (C=O) groups is 2. The molecule has 0 saturated carbocycles. The number of ether oxygens (including phenoxy) is 1. The SMILES string of the molecule is CC(C)(C)OC(=O)N1CCC2(CC1)CN(C(=O)CO)C2. The summed E-state index contributed by atoms with van der Waals surface area (Å²) in [7, 11) is 0. The predicted octanol–water partition coefficient (Wildman–Crippen LogP) is 0.838. The lowest BCUT2D eigenvalue weighted by Gasteiger charge is -2.53. The maximum atomic E-state index is 12.0. The van der Waals surface area contributed by atoms with Gasteiger partial charge in [-0.15, -0.1) is 0 Å². The molecule has 2 saturated heterocycles. The number of likely N-dealkylation sites (tertiary alicyclic amines) is 2. The number of nitrogens with zero attached hydrogens (tertiary/aromatic N) is 2. The van der Waals surface area contributed by atoms with E-state index in [9.17, 15) is 9.59 Å². The highest BCUT2D eigenvalue weighted by Crippen LogP contribution is 2.40. The Labute approximate surface area is 119 Å². The summed E-state index contributed by atoms with van der Waals surface area (Å²) in [4.78, 5) is 26.7. The van der Waals surface area contributed by atoms with Crippen LogP contribution < -0.4 is 0 Å². The highest BCUT2D eigenvalue weighted by molar-refractivity contribution is 5.78. The molecule has 2 rings (SSSR count). The fourth-order valence-corrected chi connectivity index (χ4v) is 2.85. The minimum absolute atomic E-state index is 0.142. The summed E-state index contributed by atoms with van der Waals surface area (Å²) in [5.41, 5.74) is -0.323. The van der Waals surface area contributed by atoms with Gasteiger partial charge in [-0.05, 0) is 33.6 Å². The Morgan fingerprint density at radius 1 is 1.15 bits per heavy atom. The molecule has 0 aromatic rings. The molecular weight excluding hydrogens is 260 g/mol. The summed E-state index contributed by atoms with van der Waals surface area (Å²) < 4.78 is 5.36. The molecule has 2 heterocycles. The van der Waals surface area contributed by atoms with Crippen LogP contribution in [0.25, 0.3) is 0 Å². The third kappa shape index (κ3) is 3.23. The Morgan fingerprint density at radius 2 is 1.70 bits per heavy atom. The van der Waals surface area contributed by atoms with Crippen molar-refractivity contribution in [1.82, 2.24) is 9.80 Å². The van der Waals surface area contributed by atoms with E-state index >= 15 is 0 Å². The van der Waals surface area contributed by atoms with Gasteiger partial charge in [0.1, 0.15) is 12.2 Å². The molecule has 0 aromatic carbocycles. The first kappa shape index (κ1) is 15.1. The Hall–Kier alpha value is -1.30. The Balaban J connectivity index is 1.79. The van der Waals surface area contributed by atoms with Crippen LogP contribution in [0.5, 0.6) is 0 Å². The van der Waals surface area contributed by atoms with E-state index in [1.54, 1.807) is 9.80 Å². The van der Waals surface area contributed by atoms with Crippen LogP contribution in [0.2, 0.25) is 0 Å². The monoisotopic (exact) mass is 284 g/mol. The first-order valence-corrected chi connectivity index (χ1v) is 7.11. The number of aliphatic hydroxyl groups excluding tert-OH is 1. The summed E-state index contributed by atoms with van der Waals surface area (Å²) in [5.74, 6) is -0.204. The summed E-state index contributed by atoms with van der Waals surface area (Å²) >= 11 is 0. The maximum absolute atomic E-state index is 12.0. The number of amides is 2. The highest BCUT2D eigenvalue weighted by Gasteiger charge is 2.47. The number of rotatable bonds is 1. The first-order chi connectivity index (χ1) is 9.25. The van der Waals surface area contributed by atoms with Crippen molar-refractivity contribution >= 4 is 12.0 Å². The zero-order valence-corrected chi connectivity index (χ0v) is 12.5. The Bertz CT molecular complexity index is 386. The van der Waals surface area contributed by atoms with Crippen molar-refractivity contribution < 1.29 is 19.4 Å².